The second-order valence-corrected chi connectivity index (χ2v) is 7.98. The molecule has 4 rings (SSSR count). The van der Waals surface area contributed by atoms with Crippen LogP contribution < -0.4 is 5.43 Å². The van der Waals surface area contributed by atoms with Gasteiger partial charge in [-0.3, -0.25) is 9.79 Å². The van der Waals surface area contributed by atoms with Crippen LogP contribution in [0.3, 0.4) is 0 Å². The highest BCUT2D eigenvalue weighted by Crippen LogP contribution is 2.43. The van der Waals surface area contributed by atoms with Crippen molar-refractivity contribution in [2.24, 2.45) is 10.9 Å². The van der Waals surface area contributed by atoms with Crippen molar-refractivity contribution in [3.8, 4) is 6.07 Å². The fraction of sp³-hybridized carbons (Fsp3) is 0.391. The molecule has 31 heavy (non-hydrogen) atoms. The Morgan fingerprint density at radius 2 is 1.97 bits per heavy atom. The van der Waals surface area contributed by atoms with Crippen LogP contribution in [0.15, 0.2) is 37.6 Å². The molecule has 2 aliphatic rings. The fourth-order valence-corrected chi connectivity index (χ4v) is 4.15. The molecular formula is C23H20F2N2O4. The van der Waals surface area contributed by atoms with E-state index in [2.05, 4.69) is 11.1 Å². The number of ether oxygens (including phenoxy) is 1. The Labute approximate surface area is 176 Å². The molecule has 1 aromatic heterocycles. The molecule has 2 aromatic rings. The summed E-state index contributed by atoms with van der Waals surface area (Å²) in [5.41, 5.74) is -0.0724. The normalized spacial score (nSPS) is 21.5. The molecule has 160 valence electrons. The van der Waals surface area contributed by atoms with Gasteiger partial charge in [-0.15, -0.1) is 0 Å². The van der Waals surface area contributed by atoms with Crippen molar-refractivity contribution in [3.05, 3.63) is 56.6 Å². The van der Waals surface area contributed by atoms with Gasteiger partial charge in [0.25, 0.3) is 0 Å². The van der Waals surface area contributed by atoms with E-state index in [1.807, 2.05) is 0 Å². The summed E-state index contributed by atoms with van der Waals surface area (Å²) in [5.74, 6) is -5.04. The van der Waals surface area contributed by atoms with Crippen LogP contribution in [0.5, 0.6) is 0 Å². The van der Waals surface area contributed by atoms with Gasteiger partial charge in [-0.05, 0) is 46.1 Å². The zero-order valence-electron chi connectivity index (χ0n) is 17.3. The number of aliphatic imine (C=N–C) groups is 1. The number of halogens is 2. The van der Waals surface area contributed by atoms with Gasteiger partial charge in [0.15, 0.2) is 17.1 Å². The number of hydrogen-bond donors (Lipinski definition) is 0. The summed E-state index contributed by atoms with van der Waals surface area (Å²) in [6.07, 6.45) is 2.22. The third-order valence-corrected chi connectivity index (χ3v) is 5.89. The predicted octanol–water partition coefficient (Wildman–Crippen LogP) is 4.45. The van der Waals surface area contributed by atoms with Crippen LogP contribution in [-0.4, -0.2) is 17.8 Å². The van der Waals surface area contributed by atoms with Gasteiger partial charge in [0.2, 0.25) is 0 Å². The number of allylic oxidation sites excluding steroid dienone is 1. The fourth-order valence-electron chi connectivity index (χ4n) is 4.15. The van der Waals surface area contributed by atoms with E-state index < -0.39 is 40.3 Å². The summed E-state index contributed by atoms with van der Waals surface area (Å²) in [4.78, 5) is 29.8. The Bertz CT molecular complexity index is 1270. The number of benzene rings is 1. The highest BCUT2D eigenvalue weighted by Gasteiger charge is 2.41. The lowest BCUT2D eigenvalue weighted by Crippen LogP contribution is -2.33. The maximum Gasteiger partial charge on any atom is 0.336 e. The van der Waals surface area contributed by atoms with E-state index in [1.165, 1.54) is 6.92 Å². The van der Waals surface area contributed by atoms with Gasteiger partial charge in [-0.25, -0.2) is 13.6 Å². The molecule has 1 saturated carbocycles. The SMILES string of the molecule is CC1=NC(C)=C(C(=O)OC2CCC2)C(c2cc(F)c(F)c3c(=O)cc(C)oc23)C1C#N. The second kappa shape index (κ2) is 7.73. The van der Waals surface area contributed by atoms with E-state index in [0.29, 0.717) is 11.4 Å². The number of carbonyl (C=O) groups is 1. The molecule has 0 bridgehead atoms. The highest BCUT2D eigenvalue weighted by atomic mass is 19.2. The van der Waals surface area contributed by atoms with Gasteiger partial charge >= 0.3 is 5.97 Å². The summed E-state index contributed by atoms with van der Waals surface area (Å²) in [7, 11) is 0. The highest BCUT2D eigenvalue weighted by molar-refractivity contribution is 5.99. The minimum atomic E-state index is -1.33. The van der Waals surface area contributed by atoms with Gasteiger partial charge in [0, 0.05) is 29.0 Å². The molecule has 1 fully saturated rings. The Morgan fingerprint density at radius 1 is 1.26 bits per heavy atom. The Balaban J connectivity index is 1.99. The molecule has 0 amide bonds. The number of esters is 1. The van der Waals surface area contributed by atoms with Crippen molar-refractivity contribution >= 4 is 22.7 Å². The molecule has 1 aliphatic carbocycles. The van der Waals surface area contributed by atoms with Crippen LogP contribution in [0.2, 0.25) is 0 Å². The maximum absolute atomic E-state index is 14.6. The average molecular weight is 426 g/mol. The molecule has 1 aliphatic heterocycles. The summed E-state index contributed by atoms with van der Waals surface area (Å²) >= 11 is 0. The number of nitriles is 1. The average Bonchev–Trinajstić information content (AvgIpc) is 2.66. The first kappa shape index (κ1) is 20.9. The van der Waals surface area contributed by atoms with Crippen LogP contribution in [-0.2, 0) is 9.53 Å². The molecule has 0 N–H and O–H groups in total. The number of hydrogen-bond acceptors (Lipinski definition) is 6. The van der Waals surface area contributed by atoms with E-state index in [-0.39, 0.29) is 28.6 Å². The predicted molar refractivity (Wildman–Crippen MR) is 109 cm³/mol. The van der Waals surface area contributed by atoms with E-state index in [9.17, 15) is 23.6 Å². The minimum Gasteiger partial charge on any atom is -0.461 e. The quantitative estimate of drug-likeness (QED) is 0.676. The first-order chi connectivity index (χ1) is 14.7. The third-order valence-electron chi connectivity index (χ3n) is 5.89. The molecule has 0 saturated heterocycles. The van der Waals surface area contributed by atoms with Crippen LogP contribution in [0.4, 0.5) is 8.78 Å². The van der Waals surface area contributed by atoms with Crippen LogP contribution >= 0.6 is 0 Å². The van der Waals surface area contributed by atoms with Crippen molar-refractivity contribution in [2.75, 3.05) is 0 Å². The van der Waals surface area contributed by atoms with Gasteiger partial charge in [-0.2, -0.15) is 5.26 Å². The van der Waals surface area contributed by atoms with Crippen molar-refractivity contribution in [1.82, 2.24) is 0 Å². The van der Waals surface area contributed by atoms with Gasteiger partial charge in [0.05, 0.1) is 17.6 Å². The number of rotatable bonds is 3. The van der Waals surface area contributed by atoms with Gasteiger partial charge in [-0.1, -0.05) is 0 Å². The number of aryl methyl sites for hydroxylation is 1. The monoisotopic (exact) mass is 426 g/mol. The van der Waals surface area contributed by atoms with Gasteiger partial charge < -0.3 is 9.15 Å². The van der Waals surface area contributed by atoms with Gasteiger partial charge in [0.1, 0.15) is 22.8 Å². The number of carbonyl (C=O) groups excluding carboxylic acids is 1. The summed E-state index contributed by atoms with van der Waals surface area (Å²) in [6, 6.07) is 4.06. The molecular weight excluding hydrogens is 406 g/mol. The van der Waals surface area contributed by atoms with Crippen molar-refractivity contribution in [3.63, 3.8) is 0 Å². The summed E-state index contributed by atoms with van der Waals surface area (Å²) < 4.78 is 40.3. The molecule has 6 nitrogen and oxygen atoms in total. The van der Waals surface area contributed by atoms with E-state index >= 15 is 0 Å². The second-order valence-electron chi connectivity index (χ2n) is 7.98. The molecule has 1 aromatic carbocycles. The van der Waals surface area contributed by atoms with E-state index in [4.69, 9.17) is 9.15 Å². The lowest BCUT2D eigenvalue weighted by atomic mass is 9.75. The Hall–Kier alpha value is -3.34. The first-order valence-electron chi connectivity index (χ1n) is 10.0. The van der Waals surface area contributed by atoms with Crippen LogP contribution in [0.1, 0.15) is 50.4 Å². The summed E-state index contributed by atoms with van der Waals surface area (Å²) in [6.45, 7) is 4.74. The maximum atomic E-state index is 14.6. The van der Waals surface area contributed by atoms with E-state index in [1.54, 1.807) is 13.8 Å². The lowest BCUT2D eigenvalue weighted by molar-refractivity contribution is -0.148. The topological polar surface area (TPSA) is 92.7 Å². The Kier molecular flexibility index (Phi) is 5.21. The largest absolute Gasteiger partial charge is 0.461 e. The van der Waals surface area contributed by atoms with Crippen molar-refractivity contribution < 1.29 is 22.7 Å². The lowest BCUT2D eigenvalue weighted by Gasteiger charge is -2.32. The minimum absolute atomic E-state index is 0.0374. The third kappa shape index (κ3) is 3.44. The summed E-state index contributed by atoms with van der Waals surface area (Å²) in [5, 5.41) is 9.30. The zero-order valence-corrected chi connectivity index (χ0v) is 17.3. The molecule has 2 heterocycles. The Morgan fingerprint density at radius 3 is 2.58 bits per heavy atom. The zero-order chi connectivity index (χ0) is 22.4. The van der Waals surface area contributed by atoms with Crippen LogP contribution in [0, 0.1) is 35.8 Å². The van der Waals surface area contributed by atoms with Crippen molar-refractivity contribution in [1.29, 1.82) is 5.26 Å². The standard InChI is InChI=1S/C23H20F2N2O4/c1-10-7-17(28)20-21(25)16(24)8-14(22(20)30-10)19-15(9-26)11(2)27-12(3)18(19)23(29)31-13-5-4-6-13/h7-8,13,15,19H,4-6H2,1-3H3. The molecule has 0 radical (unpaired) electrons. The number of fused-ring (bicyclic) bond motifs is 1. The number of nitrogens with zero attached hydrogens (tertiary/aromatic N) is 2. The van der Waals surface area contributed by atoms with Crippen molar-refractivity contribution in [2.45, 2.75) is 52.1 Å². The first-order valence-corrected chi connectivity index (χ1v) is 10.0. The van der Waals surface area contributed by atoms with Crippen LogP contribution in [0.25, 0.3) is 11.0 Å². The molecule has 8 heteroatoms. The van der Waals surface area contributed by atoms with E-state index in [0.717, 1.165) is 31.4 Å². The molecule has 2 unspecified atom stereocenters. The molecule has 0 spiro atoms. The molecule has 2 atom stereocenters. The smallest absolute Gasteiger partial charge is 0.336 e.